The second kappa shape index (κ2) is 5.59. The molecule has 1 saturated heterocycles. The van der Waals surface area contributed by atoms with Crippen molar-refractivity contribution >= 4 is 11.0 Å². The van der Waals surface area contributed by atoms with E-state index in [9.17, 15) is 0 Å². The summed E-state index contributed by atoms with van der Waals surface area (Å²) in [6.45, 7) is 8.02. The molecule has 102 valence electrons. The molecule has 2 aromatic rings. The number of hydrogen-bond donors (Lipinski definition) is 2. The molecule has 1 aromatic carbocycles. The fraction of sp³-hybridized carbons (Fsp3) is 0.500. The van der Waals surface area contributed by atoms with Crippen LogP contribution in [0.3, 0.4) is 0 Å². The lowest BCUT2D eigenvalue weighted by atomic mass is 10.3. The summed E-state index contributed by atoms with van der Waals surface area (Å²) in [4.78, 5) is 10.1. The van der Waals surface area contributed by atoms with Gasteiger partial charge in [0.1, 0.15) is 23.7 Å². The summed E-state index contributed by atoms with van der Waals surface area (Å²) in [5, 5.41) is 3.35. The number of aryl methyl sites for hydroxylation is 1. The van der Waals surface area contributed by atoms with Gasteiger partial charge in [-0.25, -0.2) is 4.98 Å². The molecule has 1 fully saturated rings. The van der Waals surface area contributed by atoms with Crippen molar-refractivity contribution in [2.75, 3.05) is 39.3 Å². The van der Waals surface area contributed by atoms with Crippen LogP contribution >= 0.6 is 0 Å². The lowest BCUT2D eigenvalue weighted by molar-refractivity contribution is 0.192. The van der Waals surface area contributed by atoms with Crippen LogP contribution in [0.4, 0.5) is 0 Å². The summed E-state index contributed by atoms with van der Waals surface area (Å²) in [6, 6.07) is 6.01. The van der Waals surface area contributed by atoms with Gasteiger partial charge in [-0.3, -0.25) is 4.90 Å². The van der Waals surface area contributed by atoms with E-state index in [4.69, 9.17) is 4.74 Å². The Bertz CT molecular complexity index is 545. The van der Waals surface area contributed by atoms with E-state index in [0.29, 0.717) is 6.61 Å². The number of benzene rings is 1. The van der Waals surface area contributed by atoms with Crippen LogP contribution in [0.15, 0.2) is 18.2 Å². The van der Waals surface area contributed by atoms with Crippen LogP contribution in [-0.4, -0.2) is 54.2 Å². The first kappa shape index (κ1) is 12.4. The minimum atomic E-state index is 0.713. The van der Waals surface area contributed by atoms with Gasteiger partial charge in [0, 0.05) is 32.7 Å². The Kier molecular flexibility index (Phi) is 3.66. The SMILES string of the molecule is Cc1nc2c(OCCN3CCNCC3)cccc2[nH]1. The van der Waals surface area contributed by atoms with Crippen molar-refractivity contribution in [2.45, 2.75) is 6.92 Å². The first-order chi connectivity index (χ1) is 9.33. The topological polar surface area (TPSA) is 53.2 Å². The lowest BCUT2D eigenvalue weighted by Gasteiger charge is -2.26. The molecule has 0 amide bonds. The number of nitrogens with one attached hydrogen (secondary N) is 2. The Balaban J connectivity index is 1.61. The van der Waals surface area contributed by atoms with Gasteiger partial charge in [-0.2, -0.15) is 0 Å². The van der Waals surface area contributed by atoms with Gasteiger partial charge in [0.15, 0.2) is 0 Å². The van der Waals surface area contributed by atoms with E-state index in [1.54, 1.807) is 0 Å². The second-order valence-corrected chi connectivity index (χ2v) is 4.91. The molecule has 0 radical (unpaired) electrons. The third-order valence-electron chi connectivity index (χ3n) is 3.47. The molecule has 1 aromatic heterocycles. The van der Waals surface area contributed by atoms with Crippen LogP contribution in [0.2, 0.25) is 0 Å². The highest BCUT2D eigenvalue weighted by atomic mass is 16.5. The first-order valence-electron chi connectivity index (χ1n) is 6.84. The predicted octanol–water partition coefficient (Wildman–Crippen LogP) is 1.16. The summed E-state index contributed by atoms with van der Waals surface area (Å²) >= 11 is 0. The number of aromatic nitrogens is 2. The highest BCUT2D eigenvalue weighted by Crippen LogP contribution is 2.23. The Morgan fingerprint density at radius 2 is 2.16 bits per heavy atom. The standard InChI is InChI=1S/C14H20N4O/c1-11-16-12-3-2-4-13(14(12)17-11)19-10-9-18-7-5-15-6-8-18/h2-4,15H,5-10H2,1H3,(H,16,17). The second-order valence-electron chi connectivity index (χ2n) is 4.91. The van der Waals surface area contributed by atoms with Crippen molar-refractivity contribution in [3.8, 4) is 5.75 Å². The molecule has 3 rings (SSSR count). The Hall–Kier alpha value is -1.59. The lowest BCUT2D eigenvalue weighted by Crippen LogP contribution is -2.44. The van der Waals surface area contributed by atoms with E-state index >= 15 is 0 Å². The molecule has 0 atom stereocenters. The number of aromatic amines is 1. The van der Waals surface area contributed by atoms with Crippen LogP contribution < -0.4 is 10.1 Å². The number of H-pyrrole nitrogens is 1. The van der Waals surface area contributed by atoms with E-state index in [2.05, 4.69) is 20.2 Å². The number of para-hydroxylation sites is 1. The van der Waals surface area contributed by atoms with Crippen molar-refractivity contribution in [1.82, 2.24) is 20.2 Å². The Labute approximate surface area is 113 Å². The molecule has 19 heavy (non-hydrogen) atoms. The van der Waals surface area contributed by atoms with Gasteiger partial charge in [0.2, 0.25) is 0 Å². The molecule has 2 heterocycles. The number of hydrogen-bond acceptors (Lipinski definition) is 4. The highest BCUT2D eigenvalue weighted by molar-refractivity contribution is 5.81. The van der Waals surface area contributed by atoms with Crippen LogP contribution in [0.1, 0.15) is 5.82 Å². The van der Waals surface area contributed by atoms with Gasteiger partial charge < -0.3 is 15.0 Å². The summed E-state index contributed by atoms with van der Waals surface area (Å²) < 4.78 is 5.89. The van der Waals surface area contributed by atoms with E-state index in [1.165, 1.54) is 0 Å². The van der Waals surface area contributed by atoms with Crippen molar-refractivity contribution in [3.63, 3.8) is 0 Å². The van der Waals surface area contributed by atoms with E-state index < -0.39 is 0 Å². The Morgan fingerprint density at radius 3 is 3.00 bits per heavy atom. The summed E-state index contributed by atoms with van der Waals surface area (Å²) in [6.07, 6.45) is 0. The van der Waals surface area contributed by atoms with Crippen LogP contribution in [0, 0.1) is 6.92 Å². The third kappa shape index (κ3) is 2.88. The monoisotopic (exact) mass is 260 g/mol. The van der Waals surface area contributed by atoms with E-state index in [-0.39, 0.29) is 0 Å². The van der Waals surface area contributed by atoms with E-state index in [0.717, 1.165) is 55.3 Å². The molecule has 0 saturated carbocycles. The highest BCUT2D eigenvalue weighted by Gasteiger charge is 2.10. The molecule has 0 bridgehead atoms. The number of piperazine rings is 1. The number of rotatable bonds is 4. The number of nitrogens with zero attached hydrogens (tertiary/aromatic N) is 2. The normalized spacial score (nSPS) is 16.9. The maximum Gasteiger partial charge on any atom is 0.147 e. The van der Waals surface area contributed by atoms with E-state index in [1.807, 2.05) is 25.1 Å². The summed E-state index contributed by atoms with van der Waals surface area (Å²) in [7, 11) is 0. The van der Waals surface area contributed by atoms with Gasteiger partial charge in [0.05, 0.1) is 5.52 Å². The summed E-state index contributed by atoms with van der Waals surface area (Å²) in [5.74, 6) is 1.80. The average molecular weight is 260 g/mol. The Morgan fingerprint density at radius 1 is 1.32 bits per heavy atom. The molecular formula is C14H20N4O. The largest absolute Gasteiger partial charge is 0.490 e. The maximum atomic E-state index is 5.89. The van der Waals surface area contributed by atoms with Crippen LogP contribution in [0.5, 0.6) is 5.75 Å². The van der Waals surface area contributed by atoms with Crippen LogP contribution in [0.25, 0.3) is 11.0 Å². The molecule has 2 N–H and O–H groups in total. The molecule has 0 spiro atoms. The van der Waals surface area contributed by atoms with Crippen molar-refractivity contribution in [3.05, 3.63) is 24.0 Å². The third-order valence-corrected chi connectivity index (χ3v) is 3.47. The smallest absolute Gasteiger partial charge is 0.147 e. The number of imidazole rings is 1. The fourth-order valence-electron chi connectivity index (χ4n) is 2.46. The molecular weight excluding hydrogens is 240 g/mol. The zero-order valence-electron chi connectivity index (χ0n) is 11.3. The minimum absolute atomic E-state index is 0.713. The zero-order chi connectivity index (χ0) is 13.1. The van der Waals surface area contributed by atoms with Crippen molar-refractivity contribution in [1.29, 1.82) is 0 Å². The molecule has 0 unspecified atom stereocenters. The quantitative estimate of drug-likeness (QED) is 0.866. The average Bonchev–Trinajstić information content (AvgIpc) is 2.81. The predicted molar refractivity (Wildman–Crippen MR) is 75.6 cm³/mol. The first-order valence-corrected chi connectivity index (χ1v) is 6.84. The van der Waals surface area contributed by atoms with Gasteiger partial charge in [-0.1, -0.05) is 6.07 Å². The molecule has 1 aliphatic heterocycles. The van der Waals surface area contributed by atoms with Crippen molar-refractivity contribution < 1.29 is 4.74 Å². The number of ether oxygens (including phenoxy) is 1. The molecule has 0 aliphatic carbocycles. The summed E-state index contributed by atoms with van der Waals surface area (Å²) in [5.41, 5.74) is 1.97. The molecule has 1 aliphatic rings. The van der Waals surface area contributed by atoms with Crippen LogP contribution in [-0.2, 0) is 0 Å². The fourth-order valence-corrected chi connectivity index (χ4v) is 2.46. The number of fused-ring (bicyclic) bond motifs is 1. The minimum Gasteiger partial charge on any atom is -0.490 e. The van der Waals surface area contributed by atoms with Gasteiger partial charge >= 0.3 is 0 Å². The van der Waals surface area contributed by atoms with Crippen molar-refractivity contribution in [2.24, 2.45) is 0 Å². The molecule has 5 nitrogen and oxygen atoms in total. The zero-order valence-corrected chi connectivity index (χ0v) is 11.3. The molecule has 5 heteroatoms. The van der Waals surface area contributed by atoms with Gasteiger partial charge in [-0.15, -0.1) is 0 Å². The maximum absolute atomic E-state index is 5.89. The van der Waals surface area contributed by atoms with Gasteiger partial charge in [0.25, 0.3) is 0 Å². The van der Waals surface area contributed by atoms with Gasteiger partial charge in [-0.05, 0) is 19.1 Å².